The highest BCUT2D eigenvalue weighted by Crippen LogP contribution is 2.19. The van der Waals surface area contributed by atoms with Crippen molar-refractivity contribution < 1.29 is 0 Å². The monoisotopic (exact) mass is 232 g/mol. The van der Waals surface area contributed by atoms with Crippen LogP contribution >= 0.6 is 11.8 Å². The van der Waals surface area contributed by atoms with Crippen molar-refractivity contribution in [3.63, 3.8) is 0 Å². The highest BCUT2D eigenvalue weighted by atomic mass is 32.2. The summed E-state index contributed by atoms with van der Waals surface area (Å²) in [6, 6.07) is 8.00. The summed E-state index contributed by atoms with van der Waals surface area (Å²) in [6.07, 6.45) is 1.91. The third-order valence-electron chi connectivity index (χ3n) is 2.09. The molecule has 0 radical (unpaired) electrons. The van der Waals surface area contributed by atoms with Crippen LogP contribution in [-0.2, 0) is 0 Å². The van der Waals surface area contributed by atoms with E-state index >= 15 is 0 Å². The zero-order valence-corrected chi connectivity index (χ0v) is 9.95. The van der Waals surface area contributed by atoms with E-state index in [0.717, 1.165) is 5.56 Å². The molecule has 0 atom stereocenters. The molecule has 2 aromatic rings. The molecule has 5 heteroatoms. The van der Waals surface area contributed by atoms with Gasteiger partial charge in [0.1, 0.15) is 0 Å². The second-order valence-electron chi connectivity index (χ2n) is 3.37. The summed E-state index contributed by atoms with van der Waals surface area (Å²) in [6.45, 7) is 2.03. The number of aryl methyl sites for hydroxylation is 1. The Bertz CT molecular complexity index is 513. The largest absolute Gasteiger partial charge is 0.368 e. The third kappa shape index (κ3) is 2.30. The summed E-state index contributed by atoms with van der Waals surface area (Å²) in [5.74, 6) is 0.886. The smallest absolute Gasteiger partial charge is 0.224 e. The van der Waals surface area contributed by atoms with Crippen LogP contribution < -0.4 is 5.73 Å². The number of nitrogen functional groups attached to an aromatic ring is 1. The summed E-state index contributed by atoms with van der Waals surface area (Å²) >= 11 is 1.45. The molecule has 0 spiro atoms. The molecule has 0 amide bonds. The van der Waals surface area contributed by atoms with E-state index in [1.807, 2.05) is 37.4 Å². The van der Waals surface area contributed by atoms with Crippen LogP contribution in [0.4, 0.5) is 5.95 Å². The maximum Gasteiger partial charge on any atom is 0.224 e. The molecular formula is C11H12N4S. The van der Waals surface area contributed by atoms with E-state index in [1.165, 1.54) is 17.3 Å². The number of hydrogen-bond donors (Lipinski definition) is 1. The molecule has 0 fully saturated rings. The van der Waals surface area contributed by atoms with Gasteiger partial charge in [-0.05, 0) is 19.2 Å². The molecule has 4 nitrogen and oxygen atoms in total. The van der Waals surface area contributed by atoms with Gasteiger partial charge in [0, 0.05) is 5.56 Å². The molecule has 82 valence electrons. The van der Waals surface area contributed by atoms with Gasteiger partial charge in [0.05, 0.1) is 0 Å². The fourth-order valence-electron chi connectivity index (χ4n) is 1.38. The van der Waals surface area contributed by atoms with Gasteiger partial charge in [-0.3, -0.25) is 0 Å². The van der Waals surface area contributed by atoms with Gasteiger partial charge in [-0.15, -0.1) is 0 Å². The van der Waals surface area contributed by atoms with Gasteiger partial charge < -0.3 is 5.73 Å². The van der Waals surface area contributed by atoms with Crippen LogP contribution in [0.3, 0.4) is 0 Å². The topological polar surface area (TPSA) is 64.7 Å². The van der Waals surface area contributed by atoms with Crippen LogP contribution in [0.2, 0.25) is 0 Å². The van der Waals surface area contributed by atoms with Crippen molar-refractivity contribution in [1.82, 2.24) is 15.0 Å². The lowest BCUT2D eigenvalue weighted by molar-refractivity contribution is 0.927. The molecule has 0 aliphatic heterocycles. The molecule has 2 rings (SSSR count). The summed E-state index contributed by atoms with van der Waals surface area (Å²) in [7, 11) is 0. The Morgan fingerprint density at radius 1 is 1.19 bits per heavy atom. The Morgan fingerprint density at radius 3 is 2.69 bits per heavy atom. The lowest BCUT2D eigenvalue weighted by Crippen LogP contribution is -2.01. The summed E-state index contributed by atoms with van der Waals surface area (Å²) in [4.78, 5) is 12.5. The molecule has 0 saturated heterocycles. The number of aromatic nitrogens is 3. The third-order valence-corrected chi connectivity index (χ3v) is 2.64. The van der Waals surface area contributed by atoms with E-state index in [4.69, 9.17) is 5.73 Å². The zero-order chi connectivity index (χ0) is 11.5. The van der Waals surface area contributed by atoms with Crippen molar-refractivity contribution in [3.05, 3.63) is 29.8 Å². The Balaban J connectivity index is 2.51. The van der Waals surface area contributed by atoms with E-state index in [9.17, 15) is 0 Å². The molecule has 0 unspecified atom stereocenters. The lowest BCUT2D eigenvalue weighted by Gasteiger charge is -2.03. The number of anilines is 1. The Kier molecular flexibility index (Phi) is 3.05. The minimum absolute atomic E-state index is 0.260. The van der Waals surface area contributed by atoms with Crippen molar-refractivity contribution in [2.24, 2.45) is 0 Å². The fraction of sp³-hybridized carbons (Fsp3) is 0.182. The predicted molar refractivity (Wildman–Crippen MR) is 66.2 cm³/mol. The van der Waals surface area contributed by atoms with Crippen LogP contribution in [0, 0.1) is 6.92 Å². The first-order valence-electron chi connectivity index (χ1n) is 4.81. The molecule has 0 aliphatic carbocycles. The molecular weight excluding hydrogens is 220 g/mol. The molecule has 1 aromatic heterocycles. The van der Waals surface area contributed by atoms with Crippen LogP contribution in [0.25, 0.3) is 11.4 Å². The van der Waals surface area contributed by atoms with Gasteiger partial charge in [0.15, 0.2) is 11.0 Å². The van der Waals surface area contributed by atoms with Crippen molar-refractivity contribution >= 4 is 17.7 Å². The van der Waals surface area contributed by atoms with Gasteiger partial charge in [-0.25, -0.2) is 4.98 Å². The number of nitrogens with two attached hydrogens (primary N) is 1. The van der Waals surface area contributed by atoms with Crippen molar-refractivity contribution in [3.8, 4) is 11.4 Å². The first kappa shape index (κ1) is 10.9. The van der Waals surface area contributed by atoms with Crippen LogP contribution in [-0.4, -0.2) is 21.2 Å². The minimum Gasteiger partial charge on any atom is -0.368 e. The van der Waals surface area contributed by atoms with E-state index in [-0.39, 0.29) is 5.95 Å². The quantitative estimate of drug-likeness (QED) is 0.804. The first-order valence-corrected chi connectivity index (χ1v) is 6.04. The number of rotatable bonds is 2. The molecule has 0 aliphatic rings. The number of benzene rings is 1. The second kappa shape index (κ2) is 4.49. The van der Waals surface area contributed by atoms with E-state index in [2.05, 4.69) is 15.0 Å². The molecule has 0 saturated carbocycles. The average Bonchev–Trinajstić information content (AvgIpc) is 2.28. The maximum absolute atomic E-state index is 5.63. The minimum atomic E-state index is 0.260. The fourth-order valence-corrected chi connectivity index (χ4v) is 1.74. The Labute approximate surface area is 98.3 Å². The van der Waals surface area contributed by atoms with Crippen molar-refractivity contribution in [2.75, 3.05) is 12.0 Å². The van der Waals surface area contributed by atoms with Crippen LogP contribution in [0.5, 0.6) is 0 Å². The zero-order valence-electron chi connectivity index (χ0n) is 9.14. The van der Waals surface area contributed by atoms with Gasteiger partial charge in [0.25, 0.3) is 0 Å². The Hall–Kier alpha value is -1.62. The summed E-state index contributed by atoms with van der Waals surface area (Å²) in [5.41, 5.74) is 7.77. The van der Waals surface area contributed by atoms with E-state index in [1.54, 1.807) is 0 Å². The van der Waals surface area contributed by atoms with Crippen molar-refractivity contribution in [2.45, 2.75) is 12.1 Å². The summed E-state index contributed by atoms with van der Waals surface area (Å²) < 4.78 is 0. The highest BCUT2D eigenvalue weighted by molar-refractivity contribution is 7.98. The second-order valence-corrected chi connectivity index (χ2v) is 4.15. The first-order chi connectivity index (χ1) is 7.69. The van der Waals surface area contributed by atoms with Crippen LogP contribution in [0.15, 0.2) is 29.4 Å². The van der Waals surface area contributed by atoms with Crippen molar-refractivity contribution in [1.29, 1.82) is 0 Å². The average molecular weight is 232 g/mol. The molecule has 0 bridgehead atoms. The SMILES string of the molecule is CSc1nc(N)nc(-c2cccc(C)c2)n1. The lowest BCUT2D eigenvalue weighted by atomic mass is 10.1. The van der Waals surface area contributed by atoms with E-state index < -0.39 is 0 Å². The predicted octanol–water partition coefficient (Wildman–Crippen LogP) is 2.15. The number of thioether (sulfide) groups is 1. The molecule has 1 aromatic carbocycles. The van der Waals surface area contributed by atoms with Gasteiger partial charge in [0.2, 0.25) is 5.95 Å². The number of nitrogens with zero attached hydrogens (tertiary/aromatic N) is 3. The van der Waals surface area contributed by atoms with Gasteiger partial charge in [-0.1, -0.05) is 35.5 Å². The van der Waals surface area contributed by atoms with E-state index in [0.29, 0.717) is 11.0 Å². The normalized spacial score (nSPS) is 10.4. The molecule has 16 heavy (non-hydrogen) atoms. The van der Waals surface area contributed by atoms with Gasteiger partial charge in [-0.2, -0.15) is 9.97 Å². The number of hydrogen-bond acceptors (Lipinski definition) is 5. The van der Waals surface area contributed by atoms with Gasteiger partial charge >= 0.3 is 0 Å². The Morgan fingerprint density at radius 2 is 2.00 bits per heavy atom. The standard InChI is InChI=1S/C11H12N4S/c1-7-4-3-5-8(6-7)9-13-10(12)15-11(14-9)16-2/h3-6H,1-2H3,(H2,12,13,14,15). The summed E-state index contributed by atoms with van der Waals surface area (Å²) in [5, 5.41) is 0.643. The molecule has 1 heterocycles. The maximum atomic E-state index is 5.63. The highest BCUT2D eigenvalue weighted by Gasteiger charge is 2.05. The molecule has 2 N–H and O–H groups in total. The van der Waals surface area contributed by atoms with Crippen LogP contribution in [0.1, 0.15) is 5.56 Å².